The summed E-state index contributed by atoms with van der Waals surface area (Å²) in [4.78, 5) is 101. The fraction of sp³-hybridized carbons (Fsp3) is 0.500. The molecule has 1 fully saturated rings. The normalized spacial score (nSPS) is 17.5. The molecule has 75 heavy (non-hydrogen) atoms. The molecule has 19 heteroatoms. The van der Waals surface area contributed by atoms with Crippen molar-refractivity contribution in [2.24, 2.45) is 17.8 Å². The Morgan fingerprint density at radius 3 is 2.12 bits per heavy atom. The molecule has 2 heterocycles. The van der Waals surface area contributed by atoms with Crippen LogP contribution in [0.5, 0.6) is 0 Å². The van der Waals surface area contributed by atoms with Gasteiger partial charge in [-0.3, -0.25) is 28.9 Å². The van der Waals surface area contributed by atoms with Gasteiger partial charge in [-0.2, -0.15) is 0 Å². The molecule has 0 bridgehead atoms. The second-order valence-electron chi connectivity index (χ2n) is 20.4. The zero-order valence-electron chi connectivity index (χ0n) is 44.6. The van der Waals surface area contributed by atoms with Crippen molar-refractivity contribution in [1.82, 2.24) is 36.1 Å². The highest BCUT2D eigenvalue weighted by Crippen LogP contribution is 2.44. The summed E-state index contributed by atoms with van der Waals surface area (Å²) < 4.78 is 11.5. The lowest BCUT2D eigenvalue weighted by atomic mass is 9.91. The summed E-state index contributed by atoms with van der Waals surface area (Å²) in [6.07, 6.45) is 0.284. The van der Waals surface area contributed by atoms with Crippen molar-refractivity contribution < 1.29 is 48.1 Å². The van der Waals surface area contributed by atoms with E-state index in [1.807, 2.05) is 95.1 Å². The van der Waals surface area contributed by atoms with Crippen LogP contribution in [-0.4, -0.2) is 126 Å². The summed E-state index contributed by atoms with van der Waals surface area (Å²) in [5.74, 6) is -3.77. The summed E-state index contributed by atoms with van der Waals surface area (Å²) >= 11 is 1.12. The first-order valence-corrected chi connectivity index (χ1v) is 26.8. The molecule has 3 aromatic carbocycles. The molecule has 6 rings (SSSR count). The molecule has 0 saturated carbocycles. The highest BCUT2D eigenvalue weighted by atomic mass is 32.1. The molecule has 1 aromatic heterocycles. The Morgan fingerprint density at radius 2 is 1.53 bits per heavy atom. The minimum Gasteiger partial charge on any atom is -0.481 e. The molecule has 1 unspecified atom stereocenters. The van der Waals surface area contributed by atoms with Crippen molar-refractivity contribution in [1.29, 1.82) is 0 Å². The lowest BCUT2D eigenvalue weighted by Gasteiger charge is -2.38. The number of carbonyl (C=O) groups is 7. The number of aliphatic carboxylic acids is 1. The molecule has 7 atom stereocenters. The number of amides is 6. The van der Waals surface area contributed by atoms with Gasteiger partial charge in [0.25, 0.3) is 5.91 Å². The van der Waals surface area contributed by atoms with E-state index in [-0.39, 0.29) is 67.7 Å². The Balaban J connectivity index is 1.08. The van der Waals surface area contributed by atoms with Crippen molar-refractivity contribution in [2.75, 3.05) is 45.7 Å². The van der Waals surface area contributed by atoms with E-state index in [2.05, 4.69) is 31.6 Å². The molecule has 1 aliphatic heterocycles. The fourth-order valence-corrected chi connectivity index (χ4v) is 10.7. The van der Waals surface area contributed by atoms with Gasteiger partial charge in [0.1, 0.15) is 29.9 Å². The summed E-state index contributed by atoms with van der Waals surface area (Å²) in [6.45, 7) is 13.9. The van der Waals surface area contributed by atoms with E-state index in [1.165, 1.54) is 0 Å². The monoisotopic (exact) mass is 1050 g/mol. The van der Waals surface area contributed by atoms with E-state index in [0.717, 1.165) is 52.1 Å². The van der Waals surface area contributed by atoms with Crippen molar-refractivity contribution >= 4 is 58.8 Å². The van der Waals surface area contributed by atoms with Crippen LogP contribution in [0.4, 0.5) is 15.3 Å². The van der Waals surface area contributed by atoms with Gasteiger partial charge in [-0.15, -0.1) is 11.3 Å². The number of hydrogen-bond donors (Lipinski definition) is 6. The van der Waals surface area contributed by atoms with Crippen LogP contribution in [0, 0.1) is 17.8 Å². The van der Waals surface area contributed by atoms with Gasteiger partial charge in [0.15, 0.2) is 6.10 Å². The van der Waals surface area contributed by atoms with E-state index >= 15 is 0 Å². The van der Waals surface area contributed by atoms with Crippen LogP contribution in [0.15, 0.2) is 78.2 Å². The minimum atomic E-state index is -1.03. The molecule has 6 N–H and O–H groups in total. The van der Waals surface area contributed by atoms with E-state index in [1.54, 1.807) is 55.4 Å². The number of carboxylic acid groups (broad SMARTS) is 1. The third-order valence-corrected chi connectivity index (χ3v) is 15.7. The molecular weight excluding hydrogens is 977 g/mol. The Morgan fingerprint density at radius 1 is 0.880 bits per heavy atom. The third-order valence-electron chi connectivity index (χ3n) is 14.8. The molecule has 0 spiro atoms. The standard InChI is InChI=1S/C56H74N8O10S/c1-10-34(5)48(62-53(70)56(7)25-16-26-63(56)8)51(67)64(9)45(33(3)4)29-46(74-55(72)57-11-2)50-61-44(32-75-50)49(66)60-38(27-35(6)52(68)69)28-36-21-23-37(24-22-36)59-47(65)30-58-54(71)73-31-43-41-19-14-12-17-39(41)40-18-13-15-20-42(40)43/h12-15,17-24,32-35,38,43,45-46,48H,10-11,16,25-31H2,1-9H3,(H,57,72)(H,58,71)(H,59,65)(H,60,66)(H,62,70)(H,68,69)/t34?,35-,38+,45+,46+,48-,56+/m0/s1. The van der Waals surface area contributed by atoms with Crippen molar-refractivity contribution in [3.8, 4) is 11.1 Å². The van der Waals surface area contributed by atoms with E-state index < -0.39 is 65.7 Å². The number of nitrogens with one attached hydrogen (secondary N) is 5. The van der Waals surface area contributed by atoms with Crippen LogP contribution in [-0.2, 0) is 35.1 Å². The Kier molecular flexibility index (Phi) is 20.0. The first-order chi connectivity index (χ1) is 35.7. The smallest absolute Gasteiger partial charge is 0.407 e. The number of anilines is 1. The van der Waals surface area contributed by atoms with Gasteiger partial charge in [-0.1, -0.05) is 102 Å². The van der Waals surface area contributed by atoms with Crippen LogP contribution < -0.4 is 26.6 Å². The molecule has 1 saturated heterocycles. The fourth-order valence-electron chi connectivity index (χ4n) is 9.89. The number of ether oxygens (including phenoxy) is 2. The number of thiazole rings is 1. The second-order valence-corrected chi connectivity index (χ2v) is 21.3. The zero-order valence-corrected chi connectivity index (χ0v) is 45.4. The van der Waals surface area contributed by atoms with Crippen LogP contribution in [0.3, 0.4) is 0 Å². The number of benzene rings is 3. The van der Waals surface area contributed by atoms with Gasteiger partial charge in [-0.25, -0.2) is 14.6 Å². The van der Waals surface area contributed by atoms with Gasteiger partial charge < -0.3 is 46.1 Å². The summed E-state index contributed by atoms with van der Waals surface area (Å²) in [7, 11) is 3.61. The number of fused-ring (bicyclic) bond motifs is 3. The maximum Gasteiger partial charge on any atom is 0.407 e. The number of hydrogen-bond acceptors (Lipinski definition) is 12. The van der Waals surface area contributed by atoms with E-state index in [0.29, 0.717) is 30.1 Å². The van der Waals surface area contributed by atoms with Crippen molar-refractivity contribution in [3.05, 3.63) is 106 Å². The molecule has 4 aromatic rings. The van der Waals surface area contributed by atoms with Crippen molar-refractivity contribution in [2.45, 2.75) is 123 Å². The van der Waals surface area contributed by atoms with Crippen LogP contribution in [0.25, 0.3) is 11.1 Å². The van der Waals surface area contributed by atoms with Gasteiger partial charge in [0.05, 0.1) is 11.5 Å². The Hall–Kier alpha value is -6.86. The Bertz CT molecular complexity index is 2620. The van der Waals surface area contributed by atoms with Crippen LogP contribution in [0.1, 0.15) is 125 Å². The number of nitrogens with zero attached hydrogens (tertiary/aromatic N) is 3. The minimum absolute atomic E-state index is 0.0349. The number of rotatable bonds is 24. The molecule has 404 valence electrons. The van der Waals surface area contributed by atoms with Crippen LogP contribution >= 0.6 is 11.3 Å². The first kappa shape index (κ1) is 57.4. The van der Waals surface area contributed by atoms with Gasteiger partial charge in [0.2, 0.25) is 17.7 Å². The molecule has 6 amide bonds. The number of likely N-dealkylation sites (tertiary alicyclic amines) is 1. The third kappa shape index (κ3) is 14.5. The largest absolute Gasteiger partial charge is 0.481 e. The lowest BCUT2D eigenvalue weighted by Crippen LogP contribution is -2.60. The van der Waals surface area contributed by atoms with E-state index in [9.17, 15) is 38.7 Å². The number of likely N-dealkylation sites (N-methyl/N-ethyl adjacent to an activating group) is 2. The average Bonchev–Trinajstić information content (AvgIpc) is 4.11. The van der Waals surface area contributed by atoms with Crippen molar-refractivity contribution in [3.63, 3.8) is 0 Å². The SMILES string of the molecule is CCNC(=O)O[C@H](C[C@H](C(C)C)N(C)C(=O)[C@@H](NC(=O)[C@@]1(C)CCCN1C)C(C)CC)c1nc(C(=O)N[C@@H](Cc2ccc(NC(=O)CNC(=O)OCC3c4ccccc4-c4ccccc43)cc2)C[C@H](C)C(=O)O)cs1. The number of aromatic nitrogens is 1. The maximum absolute atomic E-state index is 14.5. The number of alkyl carbamates (subject to hydrolysis) is 2. The zero-order chi connectivity index (χ0) is 54.6. The van der Waals surface area contributed by atoms with Gasteiger partial charge in [0, 0.05) is 49.1 Å². The average molecular weight is 1050 g/mol. The van der Waals surface area contributed by atoms with Gasteiger partial charge >= 0.3 is 18.2 Å². The number of carboxylic acids is 1. The highest BCUT2D eigenvalue weighted by molar-refractivity contribution is 7.09. The molecular formula is C56H74N8O10S. The quantitative estimate of drug-likeness (QED) is 0.0395. The van der Waals surface area contributed by atoms with E-state index in [4.69, 9.17) is 9.47 Å². The summed E-state index contributed by atoms with van der Waals surface area (Å²) in [6, 6.07) is 20.9. The molecule has 1 aliphatic carbocycles. The maximum atomic E-state index is 14.5. The highest BCUT2D eigenvalue weighted by Gasteiger charge is 2.44. The van der Waals surface area contributed by atoms with Gasteiger partial charge in [-0.05, 0) is 105 Å². The Labute approximate surface area is 444 Å². The molecule has 0 radical (unpaired) electrons. The molecule has 2 aliphatic rings. The molecule has 18 nitrogen and oxygen atoms in total. The summed E-state index contributed by atoms with van der Waals surface area (Å²) in [5, 5.41) is 25.7. The summed E-state index contributed by atoms with van der Waals surface area (Å²) in [5.41, 5.74) is 4.86. The second kappa shape index (κ2) is 26.1. The first-order valence-electron chi connectivity index (χ1n) is 25.9. The predicted molar refractivity (Wildman–Crippen MR) is 287 cm³/mol. The topological polar surface area (TPSA) is 238 Å². The predicted octanol–water partition coefficient (Wildman–Crippen LogP) is 7.75. The van der Waals surface area contributed by atoms with Crippen LogP contribution in [0.2, 0.25) is 0 Å². The number of carbonyl (C=O) groups excluding carboxylic acids is 6. The lowest BCUT2D eigenvalue weighted by molar-refractivity contribution is -0.142.